The van der Waals surface area contributed by atoms with Crippen molar-refractivity contribution in [3.05, 3.63) is 71.4 Å². The Labute approximate surface area is 162 Å². The van der Waals surface area contributed by atoms with Crippen molar-refractivity contribution in [2.24, 2.45) is 4.99 Å². The standard InChI is InChI=1S/C20H22FNS3/c1-3-23-14-15-25-20(22-18-8-4-16(2)5-9-18)12-13-24-19-10-6-17(21)7-11-19/h4-13H,3,14-15H2,1-2H3. The van der Waals surface area contributed by atoms with Crippen LogP contribution in [-0.2, 0) is 0 Å². The topological polar surface area (TPSA) is 12.4 Å². The Morgan fingerprint density at radius 2 is 1.76 bits per heavy atom. The van der Waals surface area contributed by atoms with E-state index in [-0.39, 0.29) is 5.82 Å². The lowest BCUT2D eigenvalue weighted by Crippen LogP contribution is -1.92. The maximum atomic E-state index is 13.0. The van der Waals surface area contributed by atoms with Crippen molar-refractivity contribution >= 4 is 46.0 Å². The van der Waals surface area contributed by atoms with Gasteiger partial charge in [-0.25, -0.2) is 9.38 Å². The van der Waals surface area contributed by atoms with Crippen molar-refractivity contribution in [3.8, 4) is 0 Å². The van der Waals surface area contributed by atoms with Crippen LogP contribution in [0.2, 0.25) is 0 Å². The smallest absolute Gasteiger partial charge is 0.123 e. The zero-order valence-corrected chi connectivity index (χ0v) is 16.9. The first kappa shape index (κ1) is 20.1. The minimum absolute atomic E-state index is 0.209. The van der Waals surface area contributed by atoms with Crippen molar-refractivity contribution in [2.45, 2.75) is 18.7 Å². The van der Waals surface area contributed by atoms with Crippen LogP contribution in [0.5, 0.6) is 0 Å². The predicted molar refractivity (Wildman–Crippen MR) is 115 cm³/mol. The summed E-state index contributed by atoms with van der Waals surface area (Å²) >= 11 is 5.27. The summed E-state index contributed by atoms with van der Waals surface area (Å²) in [7, 11) is 0. The molecule has 0 bridgehead atoms. The largest absolute Gasteiger partial charge is 0.242 e. The highest BCUT2D eigenvalue weighted by Gasteiger charge is 1.99. The Morgan fingerprint density at radius 1 is 1.04 bits per heavy atom. The van der Waals surface area contributed by atoms with Gasteiger partial charge in [-0.1, -0.05) is 36.4 Å². The predicted octanol–water partition coefficient (Wildman–Crippen LogP) is 6.96. The van der Waals surface area contributed by atoms with Gasteiger partial charge < -0.3 is 0 Å². The normalized spacial score (nSPS) is 12.0. The van der Waals surface area contributed by atoms with Gasteiger partial charge in [0.2, 0.25) is 0 Å². The van der Waals surface area contributed by atoms with E-state index in [9.17, 15) is 4.39 Å². The van der Waals surface area contributed by atoms with Gasteiger partial charge in [0.1, 0.15) is 5.82 Å². The lowest BCUT2D eigenvalue weighted by molar-refractivity contribution is 0.626. The quantitative estimate of drug-likeness (QED) is 0.209. The van der Waals surface area contributed by atoms with E-state index in [1.807, 2.05) is 35.4 Å². The van der Waals surface area contributed by atoms with Crippen molar-refractivity contribution < 1.29 is 4.39 Å². The van der Waals surface area contributed by atoms with Crippen LogP contribution in [-0.4, -0.2) is 22.3 Å². The molecule has 2 rings (SSSR count). The number of halogens is 1. The summed E-state index contributed by atoms with van der Waals surface area (Å²) in [5.41, 5.74) is 2.20. The Bertz CT molecular complexity index is 694. The van der Waals surface area contributed by atoms with E-state index >= 15 is 0 Å². The zero-order valence-electron chi connectivity index (χ0n) is 14.4. The van der Waals surface area contributed by atoms with E-state index < -0.39 is 0 Å². The maximum absolute atomic E-state index is 13.0. The van der Waals surface area contributed by atoms with Crippen molar-refractivity contribution in [3.63, 3.8) is 0 Å². The summed E-state index contributed by atoms with van der Waals surface area (Å²) in [6.07, 6.45) is 2.04. The van der Waals surface area contributed by atoms with E-state index in [0.29, 0.717) is 0 Å². The van der Waals surface area contributed by atoms with E-state index in [2.05, 4.69) is 26.0 Å². The molecule has 0 saturated heterocycles. The van der Waals surface area contributed by atoms with Gasteiger partial charge in [-0.2, -0.15) is 11.8 Å². The van der Waals surface area contributed by atoms with Gasteiger partial charge in [0.25, 0.3) is 0 Å². The number of rotatable bonds is 8. The molecule has 0 heterocycles. The number of aliphatic imine (C=N–C) groups is 1. The molecule has 0 spiro atoms. The summed E-state index contributed by atoms with van der Waals surface area (Å²) in [6.45, 7) is 4.25. The molecule has 2 aromatic carbocycles. The first-order chi connectivity index (χ1) is 12.2. The molecule has 0 saturated carbocycles. The number of benzene rings is 2. The van der Waals surface area contributed by atoms with E-state index in [1.54, 1.807) is 35.7 Å². The molecule has 0 aliphatic rings. The summed E-state index contributed by atoms with van der Waals surface area (Å²) in [6, 6.07) is 14.8. The van der Waals surface area contributed by atoms with Crippen molar-refractivity contribution in [1.82, 2.24) is 0 Å². The fourth-order valence-corrected chi connectivity index (χ4v) is 4.27. The number of hydrogen-bond acceptors (Lipinski definition) is 4. The van der Waals surface area contributed by atoms with Gasteiger partial charge in [-0.3, -0.25) is 0 Å². The van der Waals surface area contributed by atoms with Crippen LogP contribution < -0.4 is 0 Å². The number of nitrogens with zero attached hydrogens (tertiary/aromatic N) is 1. The molecule has 0 radical (unpaired) electrons. The monoisotopic (exact) mass is 391 g/mol. The van der Waals surface area contributed by atoms with Gasteiger partial charge in [0, 0.05) is 16.4 Å². The number of aryl methyl sites for hydroxylation is 1. The number of thioether (sulfide) groups is 3. The van der Waals surface area contributed by atoms with Crippen LogP contribution >= 0.6 is 35.3 Å². The highest BCUT2D eigenvalue weighted by Crippen LogP contribution is 2.22. The second-order valence-electron chi connectivity index (χ2n) is 5.21. The molecule has 25 heavy (non-hydrogen) atoms. The molecule has 0 amide bonds. The van der Waals surface area contributed by atoms with Crippen LogP contribution in [0.4, 0.5) is 10.1 Å². The van der Waals surface area contributed by atoms with Gasteiger partial charge in [0.05, 0.1) is 10.7 Å². The molecule has 2 aromatic rings. The fourth-order valence-electron chi connectivity index (χ4n) is 1.90. The molecule has 0 unspecified atom stereocenters. The molecule has 0 atom stereocenters. The van der Waals surface area contributed by atoms with E-state index in [1.165, 1.54) is 17.7 Å². The third-order valence-electron chi connectivity index (χ3n) is 3.18. The summed E-state index contributed by atoms with van der Waals surface area (Å²) < 4.78 is 13.0. The van der Waals surface area contributed by atoms with Crippen LogP contribution in [0, 0.1) is 12.7 Å². The minimum Gasteiger partial charge on any atom is -0.242 e. The van der Waals surface area contributed by atoms with Crippen LogP contribution in [0.15, 0.2) is 69.9 Å². The maximum Gasteiger partial charge on any atom is 0.123 e. The van der Waals surface area contributed by atoms with Crippen LogP contribution in [0.1, 0.15) is 12.5 Å². The molecule has 5 heteroatoms. The Kier molecular flexibility index (Phi) is 9.22. The van der Waals surface area contributed by atoms with Crippen LogP contribution in [0.25, 0.3) is 0 Å². The molecule has 132 valence electrons. The first-order valence-corrected chi connectivity index (χ1v) is 11.1. The van der Waals surface area contributed by atoms with E-state index in [4.69, 9.17) is 4.99 Å². The Morgan fingerprint density at radius 3 is 2.44 bits per heavy atom. The highest BCUT2D eigenvalue weighted by atomic mass is 32.2. The average molecular weight is 392 g/mol. The Hall–Kier alpha value is -1.17. The molecule has 0 fully saturated rings. The summed E-state index contributed by atoms with van der Waals surface area (Å²) in [4.78, 5) is 5.77. The highest BCUT2D eigenvalue weighted by molar-refractivity contribution is 8.15. The van der Waals surface area contributed by atoms with Gasteiger partial charge in [-0.05, 0) is 60.6 Å². The van der Waals surface area contributed by atoms with Crippen molar-refractivity contribution in [1.29, 1.82) is 0 Å². The van der Waals surface area contributed by atoms with Crippen molar-refractivity contribution in [2.75, 3.05) is 17.3 Å². The minimum atomic E-state index is -0.209. The first-order valence-electron chi connectivity index (χ1n) is 8.12. The molecule has 0 aromatic heterocycles. The lowest BCUT2D eigenvalue weighted by Gasteiger charge is -2.03. The molecular formula is C20H22FNS3. The second-order valence-corrected chi connectivity index (χ2v) is 8.69. The number of hydrogen-bond donors (Lipinski definition) is 0. The van der Waals surface area contributed by atoms with Crippen LogP contribution in [0.3, 0.4) is 0 Å². The molecule has 0 N–H and O–H groups in total. The second kappa shape index (κ2) is 11.4. The zero-order chi connectivity index (χ0) is 17.9. The van der Waals surface area contributed by atoms with E-state index in [0.717, 1.165) is 32.9 Å². The van der Waals surface area contributed by atoms with Gasteiger partial charge >= 0.3 is 0 Å². The van der Waals surface area contributed by atoms with Gasteiger partial charge in [0.15, 0.2) is 0 Å². The third-order valence-corrected chi connectivity index (χ3v) is 6.09. The molecule has 1 nitrogen and oxygen atoms in total. The third kappa shape index (κ3) is 8.17. The Balaban J connectivity index is 2.03. The average Bonchev–Trinajstić information content (AvgIpc) is 2.62. The molecule has 0 aliphatic carbocycles. The summed E-state index contributed by atoms with van der Waals surface area (Å²) in [5, 5.41) is 3.01. The fraction of sp³-hybridized carbons (Fsp3) is 0.250. The SMILES string of the molecule is CCSCCSC(C=CSc1ccc(F)cc1)=Nc1ccc(C)cc1. The summed E-state index contributed by atoms with van der Waals surface area (Å²) in [5.74, 6) is 3.09. The molecule has 0 aliphatic heterocycles. The molecular weight excluding hydrogens is 369 g/mol. The van der Waals surface area contributed by atoms with Gasteiger partial charge in [-0.15, -0.1) is 11.8 Å². The lowest BCUT2D eigenvalue weighted by atomic mass is 10.2.